The lowest BCUT2D eigenvalue weighted by atomic mass is 9.92. The van der Waals surface area contributed by atoms with Crippen LogP contribution in [-0.4, -0.2) is 59.1 Å². The minimum absolute atomic E-state index is 0.211. The number of amides is 1. The molecular formula is C16H30N2O2. The van der Waals surface area contributed by atoms with Crippen LogP contribution in [0.15, 0.2) is 0 Å². The molecular weight excluding hydrogens is 252 g/mol. The lowest BCUT2D eigenvalue weighted by Crippen LogP contribution is -2.46. The molecule has 1 aliphatic heterocycles. The Kier molecular flexibility index (Phi) is 5.44. The number of nitrogens with zero attached hydrogens (tertiary/aromatic N) is 2. The summed E-state index contributed by atoms with van der Waals surface area (Å²) in [6.07, 6.45) is 4.18. The van der Waals surface area contributed by atoms with Crippen LogP contribution in [0.4, 0.5) is 0 Å². The zero-order valence-corrected chi connectivity index (χ0v) is 13.2. The number of carbonyl (C=O) groups is 1. The third-order valence-electron chi connectivity index (χ3n) is 4.54. The molecule has 1 N–H and O–H groups in total. The molecule has 4 heteroatoms. The predicted octanol–water partition coefficient (Wildman–Crippen LogP) is 1.73. The third-order valence-corrected chi connectivity index (χ3v) is 4.54. The van der Waals surface area contributed by atoms with Gasteiger partial charge in [-0.15, -0.1) is 0 Å². The highest BCUT2D eigenvalue weighted by Gasteiger charge is 2.34. The van der Waals surface area contributed by atoms with Crippen molar-refractivity contribution >= 4 is 5.91 Å². The van der Waals surface area contributed by atoms with Gasteiger partial charge in [0.2, 0.25) is 5.91 Å². The van der Waals surface area contributed by atoms with E-state index in [1.54, 1.807) is 0 Å². The predicted molar refractivity (Wildman–Crippen MR) is 80.4 cm³/mol. The van der Waals surface area contributed by atoms with Crippen molar-refractivity contribution in [2.75, 3.05) is 26.2 Å². The van der Waals surface area contributed by atoms with Crippen LogP contribution in [0, 0.1) is 11.8 Å². The largest absolute Gasteiger partial charge is 0.393 e. The Hall–Kier alpha value is -0.610. The van der Waals surface area contributed by atoms with E-state index in [2.05, 4.69) is 23.6 Å². The van der Waals surface area contributed by atoms with E-state index in [9.17, 15) is 9.90 Å². The summed E-state index contributed by atoms with van der Waals surface area (Å²) in [7, 11) is 0. The molecule has 1 heterocycles. The standard InChI is InChI=1S/C16H30N2O2/c1-12(2)10-18(15-4-5-15)16(20)11-17-8-6-14(7-9-17)13(3)19/h12-15,19H,4-11H2,1-3H3. The molecule has 0 radical (unpaired) electrons. The zero-order chi connectivity index (χ0) is 14.7. The number of hydrogen-bond donors (Lipinski definition) is 1. The average Bonchev–Trinajstić information content (AvgIpc) is 3.20. The van der Waals surface area contributed by atoms with Crippen molar-refractivity contribution in [2.45, 2.75) is 58.6 Å². The van der Waals surface area contributed by atoms with Gasteiger partial charge in [-0.3, -0.25) is 9.69 Å². The van der Waals surface area contributed by atoms with Crippen LogP contribution in [0.25, 0.3) is 0 Å². The first-order valence-electron chi connectivity index (χ1n) is 8.17. The molecule has 0 bridgehead atoms. The number of piperidine rings is 1. The molecule has 1 amide bonds. The molecule has 1 aliphatic carbocycles. The molecule has 0 aromatic rings. The Bertz CT molecular complexity index is 318. The molecule has 4 nitrogen and oxygen atoms in total. The van der Waals surface area contributed by atoms with E-state index < -0.39 is 0 Å². The SMILES string of the molecule is CC(C)CN(C(=O)CN1CCC(C(C)O)CC1)C1CC1. The van der Waals surface area contributed by atoms with Gasteiger partial charge in [0, 0.05) is 12.6 Å². The van der Waals surface area contributed by atoms with E-state index in [1.165, 1.54) is 12.8 Å². The van der Waals surface area contributed by atoms with Crippen molar-refractivity contribution in [2.24, 2.45) is 11.8 Å². The Morgan fingerprint density at radius 1 is 1.20 bits per heavy atom. The highest BCUT2D eigenvalue weighted by atomic mass is 16.3. The van der Waals surface area contributed by atoms with E-state index in [0.29, 0.717) is 30.3 Å². The summed E-state index contributed by atoms with van der Waals surface area (Å²) in [6, 6.07) is 0.514. The number of rotatable bonds is 6. The van der Waals surface area contributed by atoms with Gasteiger partial charge in [-0.2, -0.15) is 0 Å². The van der Waals surface area contributed by atoms with E-state index in [-0.39, 0.29) is 6.10 Å². The first kappa shape index (κ1) is 15.8. The van der Waals surface area contributed by atoms with E-state index in [1.807, 2.05) is 6.92 Å². The van der Waals surface area contributed by atoms with Gasteiger partial charge in [-0.1, -0.05) is 13.8 Å². The van der Waals surface area contributed by atoms with Gasteiger partial charge in [0.05, 0.1) is 12.6 Å². The smallest absolute Gasteiger partial charge is 0.237 e. The fraction of sp³-hybridized carbons (Fsp3) is 0.938. The molecule has 1 saturated carbocycles. The van der Waals surface area contributed by atoms with Crippen LogP contribution in [0.5, 0.6) is 0 Å². The normalized spacial score (nSPS) is 23.1. The Balaban J connectivity index is 1.79. The van der Waals surface area contributed by atoms with Crippen LogP contribution in [0.1, 0.15) is 46.5 Å². The second-order valence-corrected chi connectivity index (χ2v) is 7.03. The summed E-state index contributed by atoms with van der Waals surface area (Å²) >= 11 is 0. The molecule has 116 valence electrons. The van der Waals surface area contributed by atoms with Gasteiger partial charge in [0.1, 0.15) is 0 Å². The average molecular weight is 282 g/mol. The fourth-order valence-corrected chi connectivity index (χ4v) is 3.11. The summed E-state index contributed by atoms with van der Waals surface area (Å²) in [5.74, 6) is 1.26. The second-order valence-electron chi connectivity index (χ2n) is 7.03. The maximum atomic E-state index is 12.5. The summed E-state index contributed by atoms with van der Waals surface area (Å²) in [5.41, 5.74) is 0. The second kappa shape index (κ2) is 6.90. The van der Waals surface area contributed by atoms with Gasteiger partial charge in [-0.05, 0) is 57.5 Å². The topological polar surface area (TPSA) is 43.8 Å². The maximum Gasteiger partial charge on any atom is 0.237 e. The fourth-order valence-electron chi connectivity index (χ4n) is 3.11. The highest BCUT2D eigenvalue weighted by molar-refractivity contribution is 5.79. The molecule has 20 heavy (non-hydrogen) atoms. The lowest BCUT2D eigenvalue weighted by molar-refractivity contribution is -0.134. The van der Waals surface area contributed by atoms with Crippen molar-refractivity contribution in [1.82, 2.24) is 9.80 Å². The molecule has 0 spiro atoms. The molecule has 0 aromatic heterocycles. The van der Waals surface area contributed by atoms with E-state index >= 15 is 0 Å². The monoisotopic (exact) mass is 282 g/mol. The van der Waals surface area contributed by atoms with Gasteiger partial charge in [0.15, 0.2) is 0 Å². The van der Waals surface area contributed by atoms with Crippen molar-refractivity contribution in [3.63, 3.8) is 0 Å². The Morgan fingerprint density at radius 3 is 2.25 bits per heavy atom. The summed E-state index contributed by atoms with van der Waals surface area (Å²) in [5, 5.41) is 9.62. The first-order chi connectivity index (χ1) is 9.47. The van der Waals surface area contributed by atoms with E-state index in [0.717, 1.165) is 32.5 Å². The summed E-state index contributed by atoms with van der Waals surface area (Å²) in [6.45, 7) is 9.59. The van der Waals surface area contributed by atoms with Crippen molar-refractivity contribution in [1.29, 1.82) is 0 Å². The van der Waals surface area contributed by atoms with Gasteiger partial charge >= 0.3 is 0 Å². The molecule has 2 aliphatic rings. The number of hydrogen-bond acceptors (Lipinski definition) is 3. The molecule has 2 fully saturated rings. The molecule has 0 aromatic carbocycles. The lowest BCUT2D eigenvalue weighted by Gasteiger charge is -2.34. The van der Waals surface area contributed by atoms with Crippen molar-refractivity contribution in [3.8, 4) is 0 Å². The minimum atomic E-state index is -0.211. The van der Waals surface area contributed by atoms with Crippen molar-refractivity contribution < 1.29 is 9.90 Å². The van der Waals surface area contributed by atoms with Crippen LogP contribution < -0.4 is 0 Å². The van der Waals surface area contributed by atoms with Gasteiger partial charge in [0.25, 0.3) is 0 Å². The summed E-state index contributed by atoms with van der Waals surface area (Å²) in [4.78, 5) is 16.8. The number of likely N-dealkylation sites (tertiary alicyclic amines) is 1. The van der Waals surface area contributed by atoms with Crippen molar-refractivity contribution in [3.05, 3.63) is 0 Å². The molecule has 1 unspecified atom stereocenters. The zero-order valence-electron chi connectivity index (χ0n) is 13.2. The number of aliphatic hydroxyl groups is 1. The van der Waals surface area contributed by atoms with Crippen LogP contribution in [0.3, 0.4) is 0 Å². The van der Waals surface area contributed by atoms with Crippen LogP contribution in [-0.2, 0) is 4.79 Å². The first-order valence-corrected chi connectivity index (χ1v) is 8.17. The molecule has 1 atom stereocenters. The maximum absolute atomic E-state index is 12.5. The Morgan fingerprint density at radius 2 is 1.80 bits per heavy atom. The third kappa shape index (κ3) is 4.45. The number of carbonyl (C=O) groups excluding carboxylic acids is 1. The van der Waals surface area contributed by atoms with Gasteiger partial charge in [-0.25, -0.2) is 0 Å². The molecule has 1 saturated heterocycles. The quantitative estimate of drug-likeness (QED) is 0.807. The molecule has 2 rings (SSSR count). The minimum Gasteiger partial charge on any atom is -0.393 e. The Labute approximate surface area is 123 Å². The van der Waals surface area contributed by atoms with E-state index in [4.69, 9.17) is 0 Å². The number of aliphatic hydroxyl groups excluding tert-OH is 1. The summed E-state index contributed by atoms with van der Waals surface area (Å²) < 4.78 is 0. The van der Waals surface area contributed by atoms with Crippen LogP contribution >= 0.6 is 0 Å². The van der Waals surface area contributed by atoms with Crippen LogP contribution in [0.2, 0.25) is 0 Å². The highest BCUT2D eigenvalue weighted by Crippen LogP contribution is 2.28. The van der Waals surface area contributed by atoms with Gasteiger partial charge < -0.3 is 10.0 Å².